The summed E-state index contributed by atoms with van der Waals surface area (Å²) in [5.74, 6) is 1.24. The second-order valence-electron chi connectivity index (χ2n) is 8.03. The molecule has 2 aromatic rings. The number of aliphatic carboxylic acids is 2. The number of nitrogens with zero attached hydrogens (tertiary/aromatic N) is 1. The molecule has 10 nitrogen and oxygen atoms in total. The number of amides is 2. The minimum Gasteiger partial charge on any atom is -0.481 e. The number of hydrazone groups is 1. The lowest BCUT2D eigenvalue weighted by Gasteiger charge is -2.20. The Hall–Kier alpha value is -4.21. The van der Waals surface area contributed by atoms with Crippen molar-refractivity contribution in [3.63, 3.8) is 0 Å². The van der Waals surface area contributed by atoms with Crippen molar-refractivity contribution in [1.82, 2.24) is 10.6 Å². The molecule has 2 rings (SSSR count). The SMILES string of the molecule is NN=Cc1ccc(CCCCC(=O)N[C@@H](CC(=O)O)C(=O)N[C@@H](Cc2ccccc2)C(=O)O)cc1. The van der Waals surface area contributed by atoms with Crippen LogP contribution in [0.2, 0.25) is 0 Å². The van der Waals surface area contributed by atoms with Crippen LogP contribution in [-0.2, 0) is 32.0 Å². The highest BCUT2D eigenvalue weighted by atomic mass is 16.4. The predicted molar refractivity (Wildman–Crippen MR) is 130 cm³/mol. The zero-order valence-corrected chi connectivity index (χ0v) is 19.2. The van der Waals surface area contributed by atoms with E-state index in [2.05, 4.69) is 15.7 Å². The Bertz CT molecular complexity index is 1020. The molecule has 0 fully saturated rings. The number of carboxylic acid groups (broad SMARTS) is 2. The van der Waals surface area contributed by atoms with Crippen molar-refractivity contribution < 1.29 is 29.4 Å². The van der Waals surface area contributed by atoms with Gasteiger partial charge in [0.15, 0.2) is 0 Å². The van der Waals surface area contributed by atoms with Gasteiger partial charge in [-0.25, -0.2) is 4.79 Å². The average molecular weight is 483 g/mol. The molecule has 0 aliphatic heterocycles. The van der Waals surface area contributed by atoms with Crippen LogP contribution in [0.5, 0.6) is 0 Å². The fourth-order valence-electron chi connectivity index (χ4n) is 3.44. The number of nitrogens with one attached hydrogen (secondary N) is 2. The molecule has 35 heavy (non-hydrogen) atoms. The van der Waals surface area contributed by atoms with Crippen molar-refractivity contribution in [2.75, 3.05) is 0 Å². The van der Waals surface area contributed by atoms with Gasteiger partial charge in [0.1, 0.15) is 12.1 Å². The van der Waals surface area contributed by atoms with Crippen molar-refractivity contribution in [3.8, 4) is 0 Å². The summed E-state index contributed by atoms with van der Waals surface area (Å²) >= 11 is 0. The first-order chi connectivity index (χ1) is 16.8. The maximum Gasteiger partial charge on any atom is 0.326 e. The van der Waals surface area contributed by atoms with Crippen LogP contribution in [-0.4, -0.2) is 52.3 Å². The summed E-state index contributed by atoms with van der Waals surface area (Å²) in [6.07, 6.45) is 3.00. The van der Waals surface area contributed by atoms with Crippen LogP contribution >= 0.6 is 0 Å². The third-order valence-corrected chi connectivity index (χ3v) is 5.25. The molecule has 0 aromatic heterocycles. The molecule has 0 unspecified atom stereocenters. The van der Waals surface area contributed by atoms with Crippen molar-refractivity contribution >= 4 is 30.0 Å². The minimum absolute atomic E-state index is 0.0235. The first kappa shape index (κ1) is 27.0. The summed E-state index contributed by atoms with van der Waals surface area (Å²) in [5.41, 5.74) is 2.66. The summed E-state index contributed by atoms with van der Waals surface area (Å²) in [5, 5.41) is 26.9. The number of rotatable bonds is 14. The summed E-state index contributed by atoms with van der Waals surface area (Å²) in [4.78, 5) is 47.8. The quantitative estimate of drug-likeness (QED) is 0.117. The van der Waals surface area contributed by atoms with Gasteiger partial charge in [0.05, 0.1) is 12.6 Å². The van der Waals surface area contributed by atoms with E-state index in [1.54, 1.807) is 30.3 Å². The molecule has 0 radical (unpaired) electrons. The van der Waals surface area contributed by atoms with E-state index in [9.17, 15) is 24.3 Å². The van der Waals surface area contributed by atoms with Gasteiger partial charge in [-0.1, -0.05) is 54.6 Å². The summed E-state index contributed by atoms with van der Waals surface area (Å²) in [6.45, 7) is 0. The zero-order chi connectivity index (χ0) is 25.6. The minimum atomic E-state index is -1.38. The van der Waals surface area contributed by atoms with Gasteiger partial charge >= 0.3 is 11.9 Å². The lowest BCUT2D eigenvalue weighted by atomic mass is 10.0. The number of nitrogens with two attached hydrogens (primary N) is 1. The van der Waals surface area contributed by atoms with E-state index in [-0.39, 0.29) is 12.8 Å². The third-order valence-electron chi connectivity index (χ3n) is 5.25. The molecule has 186 valence electrons. The fraction of sp³-hybridized carbons (Fsp3) is 0.320. The van der Waals surface area contributed by atoms with Crippen molar-refractivity contribution in [3.05, 3.63) is 71.3 Å². The average Bonchev–Trinajstić information content (AvgIpc) is 2.82. The largest absolute Gasteiger partial charge is 0.481 e. The van der Waals surface area contributed by atoms with Gasteiger partial charge in [-0.3, -0.25) is 14.4 Å². The van der Waals surface area contributed by atoms with Gasteiger partial charge in [-0.2, -0.15) is 5.10 Å². The normalized spacial score (nSPS) is 12.6. The Morgan fingerprint density at radius 3 is 2.17 bits per heavy atom. The number of hydrogen-bond donors (Lipinski definition) is 5. The van der Waals surface area contributed by atoms with Crippen LogP contribution in [0.15, 0.2) is 59.7 Å². The third kappa shape index (κ3) is 10.1. The van der Waals surface area contributed by atoms with E-state index in [0.29, 0.717) is 18.4 Å². The van der Waals surface area contributed by atoms with Crippen LogP contribution in [0.1, 0.15) is 42.4 Å². The molecular weight excluding hydrogens is 452 g/mol. The molecule has 0 aliphatic rings. The van der Waals surface area contributed by atoms with Crippen molar-refractivity contribution in [2.45, 2.75) is 50.6 Å². The summed E-state index contributed by atoms with van der Waals surface area (Å²) < 4.78 is 0. The predicted octanol–water partition coefficient (Wildman–Crippen LogP) is 1.46. The highest BCUT2D eigenvalue weighted by molar-refractivity contribution is 5.92. The molecule has 0 bridgehead atoms. The van der Waals surface area contributed by atoms with Crippen molar-refractivity contribution in [2.24, 2.45) is 10.9 Å². The Balaban J connectivity index is 1.86. The zero-order valence-electron chi connectivity index (χ0n) is 19.2. The molecule has 0 aliphatic carbocycles. The second-order valence-corrected chi connectivity index (χ2v) is 8.03. The van der Waals surface area contributed by atoms with E-state index in [4.69, 9.17) is 10.9 Å². The number of unbranched alkanes of at least 4 members (excludes halogenated alkanes) is 1. The van der Waals surface area contributed by atoms with Gasteiger partial charge in [0.25, 0.3) is 0 Å². The number of hydrogen-bond acceptors (Lipinski definition) is 6. The fourth-order valence-corrected chi connectivity index (χ4v) is 3.44. The van der Waals surface area contributed by atoms with Gasteiger partial charge in [0, 0.05) is 12.8 Å². The van der Waals surface area contributed by atoms with Crippen LogP contribution < -0.4 is 16.5 Å². The number of aryl methyl sites for hydroxylation is 1. The second kappa shape index (κ2) is 14.1. The molecular formula is C25H30N4O6. The maximum atomic E-state index is 12.6. The van der Waals surface area contributed by atoms with Crippen LogP contribution in [0, 0.1) is 0 Å². The molecule has 2 aromatic carbocycles. The summed E-state index contributed by atoms with van der Waals surface area (Å²) in [7, 11) is 0. The van der Waals surface area contributed by atoms with Crippen LogP contribution in [0.3, 0.4) is 0 Å². The topological polar surface area (TPSA) is 171 Å². The van der Waals surface area contributed by atoms with Gasteiger partial charge < -0.3 is 26.7 Å². The summed E-state index contributed by atoms with van der Waals surface area (Å²) in [6, 6.07) is 13.7. The molecule has 2 atom stereocenters. The van der Waals surface area contributed by atoms with E-state index < -0.39 is 42.3 Å². The molecule has 0 heterocycles. The number of benzene rings is 2. The lowest BCUT2D eigenvalue weighted by Crippen LogP contribution is -2.52. The highest BCUT2D eigenvalue weighted by Gasteiger charge is 2.28. The molecule has 0 spiro atoms. The van der Waals surface area contributed by atoms with E-state index in [1.165, 1.54) is 6.21 Å². The first-order valence-electron chi connectivity index (χ1n) is 11.2. The smallest absolute Gasteiger partial charge is 0.326 e. The highest BCUT2D eigenvalue weighted by Crippen LogP contribution is 2.09. The molecule has 6 N–H and O–H groups in total. The van der Waals surface area contributed by atoms with Gasteiger partial charge in [-0.15, -0.1) is 0 Å². The van der Waals surface area contributed by atoms with E-state index >= 15 is 0 Å². The van der Waals surface area contributed by atoms with Crippen LogP contribution in [0.25, 0.3) is 0 Å². The molecule has 10 heteroatoms. The van der Waals surface area contributed by atoms with Gasteiger partial charge in [0.2, 0.25) is 11.8 Å². The molecule has 0 saturated carbocycles. The van der Waals surface area contributed by atoms with E-state index in [0.717, 1.165) is 17.5 Å². The number of carboxylic acids is 2. The van der Waals surface area contributed by atoms with Crippen LogP contribution in [0.4, 0.5) is 0 Å². The maximum absolute atomic E-state index is 12.6. The molecule has 2 amide bonds. The Morgan fingerprint density at radius 2 is 1.57 bits per heavy atom. The lowest BCUT2D eigenvalue weighted by molar-refractivity contribution is -0.143. The Labute approximate surface area is 203 Å². The number of carbonyl (C=O) groups excluding carboxylic acids is 2. The monoisotopic (exact) mass is 482 g/mol. The Morgan fingerprint density at radius 1 is 0.886 bits per heavy atom. The standard InChI is InChI=1S/C25H30N4O6/c26-27-16-19-12-10-17(11-13-19)6-4-5-9-22(30)28-20(15-23(31)32)24(33)29-21(25(34)35)14-18-7-2-1-3-8-18/h1-3,7-8,10-13,16,20-21H,4-6,9,14-15,26H2,(H,28,30)(H,29,33)(H,31,32)(H,34,35)/t20-,21-/m0/s1. The van der Waals surface area contributed by atoms with Gasteiger partial charge in [-0.05, 0) is 36.0 Å². The number of carbonyl (C=O) groups is 4. The molecule has 0 saturated heterocycles. The Kier molecular flexibility index (Phi) is 10.9. The van der Waals surface area contributed by atoms with E-state index in [1.807, 2.05) is 24.3 Å². The first-order valence-corrected chi connectivity index (χ1v) is 11.2. The van der Waals surface area contributed by atoms with Crippen molar-refractivity contribution in [1.29, 1.82) is 0 Å².